The summed E-state index contributed by atoms with van der Waals surface area (Å²) < 4.78 is 7.18. The summed E-state index contributed by atoms with van der Waals surface area (Å²) in [5.41, 5.74) is 6.87. The maximum atomic E-state index is 5.25. The maximum Gasteiger partial charge on any atom is 0.130 e. The fourth-order valence-corrected chi connectivity index (χ4v) is 4.20. The van der Waals surface area contributed by atoms with Gasteiger partial charge in [-0.3, -0.25) is 14.6 Å². The first-order valence-electron chi connectivity index (χ1n) is 12.3. The number of benzene rings is 1. The van der Waals surface area contributed by atoms with Crippen LogP contribution in [0.25, 0.3) is 22.0 Å². The molecule has 1 aromatic carbocycles. The average Bonchev–Trinajstić information content (AvgIpc) is 3.38. The van der Waals surface area contributed by atoms with Crippen LogP contribution >= 0.6 is 0 Å². The van der Waals surface area contributed by atoms with Crippen LogP contribution in [0, 0.1) is 6.92 Å². The van der Waals surface area contributed by atoms with E-state index in [1.165, 1.54) is 5.56 Å². The number of hydrogen-bond donors (Lipinski definition) is 1. The number of hydrogen-bond acceptors (Lipinski definition) is 7. The molecule has 4 heterocycles. The fraction of sp³-hybridized carbons (Fsp3) is 0.241. The smallest absolute Gasteiger partial charge is 0.130 e. The molecule has 0 bridgehead atoms. The van der Waals surface area contributed by atoms with Crippen molar-refractivity contribution < 1.29 is 4.74 Å². The Hall–Kier alpha value is -4.46. The Bertz CT molecular complexity index is 1530. The lowest BCUT2D eigenvalue weighted by molar-refractivity contribution is 0.414. The summed E-state index contributed by atoms with van der Waals surface area (Å²) in [6.07, 6.45) is 9.45. The van der Waals surface area contributed by atoms with Crippen molar-refractivity contribution in [1.29, 1.82) is 0 Å². The van der Waals surface area contributed by atoms with Crippen LogP contribution in [0.3, 0.4) is 0 Å². The largest absolute Gasteiger partial charge is 0.497 e. The lowest BCUT2D eigenvalue weighted by atomic mass is 10.0. The van der Waals surface area contributed by atoms with Gasteiger partial charge < -0.3 is 15.0 Å². The highest BCUT2D eigenvalue weighted by atomic mass is 16.5. The number of anilines is 3. The second-order valence-corrected chi connectivity index (χ2v) is 9.45. The molecule has 0 aliphatic rings. The van der Waals surface area contributed by atoms with Crippen LogP contribution in [0.15, 0.2) is 73.4 Å². The van der Waals surface area contributed by atoms with Crippen molar-refractivity contribution in [3.8, 4) is 16.9 Å². The van der Waals surface area contributed by atoms with Crippen LogP contribution in [0.1, 0.15) is 31.1 Å². The number of nitrogens with one attached hydrogen (secondary N) is 1. The van der Waals surface area contributed by atoms with Gasteiger partial charge >= 0.3 is 0 Å². The number of methoxy groups -OCH3 is 1. The highest BCUT2D eigenvalue weighted by molar-refractivity contribution is 5.85. The van der Waals surface area contributed by atoms with Crippen molar-refractivity contribution in [2.45, 2.75) is 33.4 Å². The lowest BCUT2D eigenvalue weighted by Gasteiger charge is -2.19. The van der Waals surface area contributed by atoms with E-state index in [0.29, 0.717) is 6.04 Å². The van der Waals surface area contributed by atoms with E-state index in [4.69, 9.17) is 14.7 Å². The minimum Gasteiger partial charge on any atom is -0.497 e. The van der Waals surface area contributed by atoms with E-state index in [1.807, 2.05) is 67.8 Å². The first kappa shape index (κ1) is 24.2. The summed E-state index contributed by atoms with van der Waals surface area (Å²) in [4.78, 5) is 16.2. The van der Waals surface area contributed by atoms with Gasteiger partial charge in [-0.25, -0.2) is 4.98 Å². The van der Waals surface area contributed by atoms with E-state index in [2.05, 4.69) is 58.4 Å². The van der Waals surface area contributed by atoms with Gasteiger partial charge in [-0.1, -0.05) is 12.1 Å². The van der Waals surface area contributed by atoms with Gasteiger partial charge in [0.15, 0.2) is 0 Å². The van der Waals surface area contributed by atoms with Gasteiger partial charge in [0.05, 0.1) is 36.4 Å². The summed E-state index contributed by atoms with van der Waals surface area (Å²) >= 11 is 0. The van der Waals surface area contributed by atoms with Gasteiger partial charge in [-0.05, 0) is 50.6 Å². The molecule has 0 unspecified atom stereocenters. The molecule has 188 valence electrons. The SMILES string of the molecule is COc1ccc(CN(C)c2cc3ncc(-c4cc(Nc5cnn(C(C)C)c5)cnc4C)cc3cn2)cc1. The molecular formula is C29H31N7O. The first-order chi connectivity index (χ1) is 17.9. The van der Waals surface area contributed by atoms with Gasteiger partial charge in [-0.2, -0.15) is 5.10 Å². The monoisotopic (exact) mass is 493 g/mol. The average molecular weight is 494 g/mol. The summed E-state index contributed by atoms with van der Waals surface area (Å²) in [5, 5.41) is 8.79. The van der Waals surface area contributed by atoms with Crippen LogP contribution in [0.5, 0.6) is 5.75 Å². The van der Waals surface area contributed by atoms with E-state index in [9.17, 15) is 0 Å². The fourth-order valence-electron chi connectivity index (χ4n) is 4.20. The molecule has 4 aromatic heterocycles. The Kier molecular flexibility index (Phi) is 6.72. The first-order valence-corrected chi connectivity index (χ1v) is 12.3. The molecule has 0 atom stereocenters. The molecule has 0 radical (unpaired) electrons. The van der Waals surface area contributed by atoms with E-state index in [1.54, 1.807) is 7.11 Å². The minimum atomic E-state index is 0.308. The van der Waals surface area contributed by atoms with Crippen LogP contribution in [-0.2, 0) is 6.54 Å². The van der Waals surface area contributed by atoms with Gasteiger partial charge in [0, 0.05) is 66.5 Å². The second kappa shape index (κ2) is 10.3. The van der Waals surface area contributed by atoms with Crippen LogP contribution in [0.2, 0.25) is 0 Å². The highest BCUT2D eigenvalue weighted by Crippen LogP contribution is 2.29. The zero-order valence-corrected chi connectivity index (χ0v) is 21.8. The molecule has 8 nitrogen and oxygen atoms in total. The predicted molar refractivity (Wildman–Crippen MR) is 149 cm³/mol. The molecule has 0 aliphatic heterocycles. The third kappa shape index (κ3) is 5.38. The molecule has 0 aliphatic carbocycles. The molecular weight excluding hydrogens is 462 g/mol. The van der Waals surface area contributed by atoms with Gasteiger partial charge in [0.1, 0.15) is 11.6 Å². The molecule has 0 amide bonds. The van der Waals surface area contributed by atoms with E-state index >= 15 is 0 Å². The third-order valence-electron chi connectivity index (χ3n) is 6.34. The van der Waals surface area contributed by atoms with Crippen LogP contribution in [0.4, 0.5) is 17.2 Å². The molecule has 0 saturated heterocycles. The van der Waals surface area contributed by atoms with Crippen LogP contribution in [-0.4, -0.2) is 38.9 Å². The number of ether oxygens (including phenoxy) is 1. The van der Waals surface area contributed by atoms with Crippen molar-refractivity contribution >= 4 is 28.1 Å². The molecule has 0 spiro atoms. The van der Waals surface area contributed by atoms with Gasteiger partial charge in [0.25, 0.3) is 0 Å². The molecule has 1 N–H and O–H groups in total. The summed E-state index contributed by atoms with van der Waals surface area (Å²) in [7, 11) is 3.71. The van der Waals surface area contributed by atoms with Crippen molar-refractivity contribution in [1.82, 2.24) is 24.7 Å². The number of pyridine rings is 3. The molecule has 0 fully saturated rings. The summed E-state index contributed by atoms with van der Waals surface area (Å²) in [6, 6.07) is 14.6. The molecule has 37 heavy (non-hydrogen) atoms. The highest BCUT2D eigenvalue weighted by Gasteiger charge is 2.11. The third-order valence-corrected chi connectivity index (χ3v) is 6.34. The van der Waals surface area contributed by atoms with Gasteiger partial charge in [-0.15, -0.1) is 0 Å². The molecule has 5 aromatic rings. The molecule has 5 rings (SSSR count). The zero-order valence-electron chi connectivity index (χ0n) is 21.8. The standard InChI is InChI=1S/C29H31N7O/c1-19(2)36-18-25(16-33-36)34-24-11-27(20(3)30-15-24)22-10-23-14-32-29(12-28(23)31-13-22)35(4)17-21-6-8-26(37-5)9-7-21/h6-16,18-19,34H,17H2,1-5H3. The van der Waals surface area contributed by atoms with E-state index in [-0.39, 0.29) is 0 Å². The van der Waals surface area contributed by atoms with Crippen molar-refractivity contribution in [2.75, 3.05) is 24.4 Å². The van der Waals surface area contributed by atoms with E-state index < -0.39 is 0 Å². The second-order valence-electron chi connectivity index (χ2n) is 9.45. The number of aryl methyl sites for hydroxylation is 1. The minimum absolute atomic E-state index is 0.308. The van der Waals surface area contributed by atoms with E-state index in [0.717, 1.165) is 57.2 Å². The summed E-state index contributed by atoms with van der Waals surface area (Å²) in [6.45, 7) is 6.95. The van der Waals surface area contributed by atoms with Crippen molar-refractivity contribution in [3.63, 3.8) is 0 Å². The Morgan fingerprint density at radius 1 is 0.946 bits per heavy atom. The number of rotatable bonds is 8. The van der Waals surface area contributed by atoms with Crippen LogP contribution < -0.4 is 15.0 Å². The number of fused-ring (bicyclic) bond motifs is 1. The normalized spacial score (nSPS) is 11.2. The molecule has 8 heteroatoms. The lowest BCUT2D eigenvalue weighted by Crippen LogP contribution is -2.17. The number of aromatic nitrogens is 5. The Morgan fingerprint density at radius 3 is 2.49 bits per heavy atom. The Balaban J connectivity index is 1.36. The van der Waals surface area contributed by atoms with Crippen molar-refractivity contribution in [2.24, 2.45) is 0 Å². The van der Waals surface area contributed by atoms with Crippen molar-refractivity contribution in [3.05, 3.63) is 84.7 Å². The summed E-state index contributed by atoms with van der Waals surface area (Å²) in [5.74, 6) is 1.72. The Labute approximate surface area is 217 Å². The predicted octanol–water partition coefficient (Wildman–Crippen LogP) is 6.17. The molecule has 0 saturated carbocycles. The topological polar surface area (TPSA) is 81.0 Å². The quantitative estimate of drug-likeness (QED) is 0.277. The maximum absolute atomic E-state index is 5.25. The van der Waals surface area contributed by atoms with Gasteiger partial charge in [0.2, 0.25) is 0 Å². The number of nitrogens with zero attached hydrogens (tertiary/aromatic N) is 6. The Morgan fingerprint density at radius 2 is 1.76 bits per heavy atom. The zero-order chi connectivity index (χ0) is 25.9.